The number of carbonyl (C=O) groups is 1. The molecule has 1 atom stereocenters. The Bertz CT molecular complexity index is 2150. The first kappa shape index (κ1) is 34.0. The van der Waals surface area contributed by atoms with Gasteiger partial charge in [0.05, 0.1) is 35.1 Å². The number of aryl methyl sites for hydroxylation is 3. The smallest absolute Gasteiger partial charge is 0.264 e. The van der Waals surface area contributed by atoms with Gasteiger partial charge in [0.25, 0.3) is 15.9 Å². The summed E-state index contributed by atoms with van der Waals surface area (Å²) < 4.78 is 38.3. The van der Waals surface area contributed by atoms with Crippen molar-refractivity contribution >= 4 is 33.2 Å². The summed E-state index contributed by atoms with van der Waals surface area (Å²) in [6, 6.07) is 13.2. The SMILES string of the molecule is Cc1cccc(C)c1-c1cc2nc(n1)NS(=O)(=O)c1cccc(c1)C(=O)N(Cc1cnc3nc(C(C)C)n(C)c3n1)[C@H](CC(C)(C)C)CO2. The van der Waals surface area contributed by atoms with Crippen LogP contribution in [0.5, 0.6) is 5.88 Å². The largest absolute Gasteiger partial charge is 0.475 e. The van der Waals surface area contributed by atoms with Crippen molar-refractivity contribution in [3.8, 4) is 17.1 Å². The predicted molar refractivity (Wildman–Crippen MR) is 188 cm³/mol. The van der Waals surface area contributed by atoms with Crippen molar-refractivity contribution in [2.75, 3.05) is 11.3 Å². The lowest BCUT2D eigenvalue weighted by Gasteiger charge is -2.35. The van der Waals surface area contributed by atoms with Gasteiger partial charge in [-0.05, 0) is 55.0 Å². The van der Waals surface area contributed by atoms with E-state index in [1.165, 1.54) is 12.1 Å². The molecule has 1 amide bonds. The van der Waals surface area contributed by atoms with E-state index in [0.717, 1.165) is 22.5 Å². The molecule has 2 aromatic carbocycles. The van der Waals surface area contributed by atoms with Gasteiger partial charge in [0.2, 0.25) is 11.8 Å². The van der Waals surface area contributed by atoms with Crippen LogP contribution in [0.3, 0.4) is 0 Å². The highest BCUT2D eigenvalue weighted by atomic mass is 32.2. The fraction of sp³-hybridized carbons (Fsp3) is 0.389. The minimum Gasteiger partial charge on any atom is -0.475 e. The van der Waals surface area contributed by atoms with Crippen LogP contribution in [0, 0.1) is 19.3 Å². The second-order valence-corrected chi connectivity index (χ2v) is 15.9. The Hall–Kier alpha value is -4.91. The third kappa shape index (κ3) is 7.12. The zero-order valence-electron chi connectivity index (χ0n) is 29.1. The van der Waals surface area contributed by atoms with E-state index in [2.05, 4.69) is 59.3 Å². The minimum atomic E-state index is -4.19. The molecule has 0 aliphatic carbocycles. The van der Waals surface area contributed by atoms with Gasteiger partial charge in [-0.1, -0.05) is 58.9 Å². The van der Waals surface area contributed by atoms with Crippen LogP contribution in [0.1, 0.15) is 80.0 Å². The first-order valence-corrected chi connectivity index (χ1v) is 17.8. The highest BCUT2D eigenvalue weighted by molar-refractivity contribution is 7.92. The monoisotopic (exact) mass is 682 g/mol. The third-order valence-electron chi connectivity index (χ3n) is 8.55. The molecular formula is C36H42N8O4S. The Morgan fingerprint density at radius 1 is 1.00 bits per heavy atom. The van der Waals surface area contributed by atoms with E-state index in [1.807, 2.05) is 43.7 Å². The standard InChI is InChI=1S/C36H42N8O4S/c1-21(2)32-41-31-33(43(32)8)38-25(18-37-31)19-44-26(17-36(5,6)7)20-48-29-16-28(30-22(3)11-9-12-23(30)4)39-35(40-29)42-49(46,47)27-14-10-13-24(15-27)34(44)45/h9-16,18,21,26H,17,19-20H2,1-8H3,(H,39,40,42)/t26-/m1/s1. The summed E-state index contributed by atoms with van der Waals surface area (Å²) in [6.07, 6.45) is 2.21. The quantitative estimate of drug-likeness (QED) is 0.229. The molecule has 12 nitrogen and oxygen atoms in total. The van der Waals surface area contributed by atoms with E-state index in [0.29, 0.717) is 29.1 Å². The number of fused-ring (bicyclic) bond motifs is 5. The highest BCUT2D eigenvalue weighted by Gasteiger charge is 2.32. The van der Waals surface area contributed by atoms with Crippen molar-refractivity contribution in [2.24, 2.45) is 12.5 Å². The fourth-order valence-corrected chi connectivity index (χ4v) is 7.31. The van der Waals surface area contributed by atoms with Crippen molar-refractivity contribution in [1.82, 2.24) is 34.4 Å². The summed E-state index contributed by atoms with van der Waals surface area (Å²) in [5.41, 5.74) is 5.03. The molecule has 1 aliphatic rings. The first-order valence-electron chi connectivity index (χ1n) is 16.3. The number of amides is 1. The van der Waals surface area contributed by atoms with Crippen LogP contribution in [-0.4, -0.2) is 61.4 Å². The second-order valence-electron chi connectivity index (χ2n) is 14.2. The van der Waals surface area contributed by atoms with Gasteiger partial charge in [0.1, 0.15) is 12.4 Å². The van der Waals surface area contributed by atoms with Crippen molar-refractivity contribution in [1.29, 1.82) is 0 Å². The predicted octanol–water partition coefficient (Wildman–Crippen LogP) is 6.20. The minimum absolute atomic E-state index is 0.0803. The molecule has 5 aromatic rings. The van der Waals surface area contributed by atoms with Gasteiger partial charge in [0.15, 0.2) is 11.3 Å². The molecule has 0 unspecified atom stereocenters. The van der Waals surface area contributed by atoms with E-state index in [4.69, 9.17) is 9.72 Å². The van der Waals surface area contributed by atoms with Gasteiger partial charge in [-0.25, -0.2) is 33.1 Å². The maximum atomic E-state index is 14.5. The van der Waals surface area contributed by atoms with Gasteiger partial charge in [-0.15, -0.1) is 0 Å². The molecule has 49 heavy (non-hydrogen) atoms. The molecule has 4 bridgehead atoms. The average molecular weight is 683 g/mol. The molecule has 1 N–H and O–H groups in total. The van der Waals surface area contributed by atoms with Gasteiger partial charge >= 0.3 is 0 Å². The lowest BCUT2D eigenvalue weighted by atomic mass is 9.87. The Labute approximate surface area is 287 Å². The van der Waals surface area contributed by atoms with E-state index in [-0.39, 0.29) is 52.7 Å². The van der Waals surface area contributed by atoms with E-state index in [9.17, 15) is 13.2 Å². The van der Waals surface area contributed by atoms with Crippen molar-refractivity contribution in [3.05, 3.63) is 82.9 Å². The van der Waals surface area contributed by atoms with Crippen LogP contribution in [0.25, 0.3) is 22.6 Å². The lowest BCUT2D eigenvalue weighted by Crippen LogP contribution is -2.45. The summed E-state index contributed by atoms with van der Waals surface area (Å²) >= 11 is 0. The van der Waals surface area contributed by atoms with Gasteiger partial charge in [-0.3, -0.25) is 4.79 Å². The van der Waals surface area contributed by atoms with Crippen molar-refractivity contribution in [3.63, 3.8) is 0 Å². The van der Waals surface area contributed by atoms with Gasteiger partial charge < -0.3 is 14.2 Å². The maximum Gasteiger partial charge on any atom is 0.264 e. The molecular weight excluding hydrogens is 641 g/mol. The summed E-state index contributed by atoms with van der Waals surface area (Å²) in [6.45, 7) is 14.6. The number of ether oxygens (including phenoxy) is 1. The fourth-order valence-electron chi connectivity index (χ4n) is 6.32. The zero-order chi connectivity index (χ0) is 35.2. The molecule has 6 rings (SSSR count). The van der Waals surface area contributed by atoms with E-state index >= 15 is 0 Å². The Kier molecular flexibility index (Phi) is 8.91. The number of benzene rings is 2. The summed E-state index contributed by atoms with van der Waals surface area (Å²) in [4.78, 5) is 39.3. The van der Waals surface area contributed by atoms with E-state index in [1.54, 1.807) is 29.3 Å². The Balaban J connectivity index is 1.50. The maximum absolute atomic E-state index is 14.5. The summed E-state index contributed by atoms with van der Waals surface area (Å²) in [5.74, 6) is 0.726. The van der Waals surface area contributed by atoms with Crippen LogP contribution in [-0.2, 0) is 23.6 Å². The van der Waals surface area contributed by atoms with Crippen LogP contribution in [0.2, 0.25) is 0 Å². The molecule has 0 saturated heterocycles. The molecule has 0 fully saturated rings. The molecule has 0 saturated carbocycles. The highest BCUT2D eigenvalue weighted by Crippen LogP contribution is 2.32. The Morgan fingerprint density at radius 3 is 2.41 bits per heavy atom. The van der Waals surface area contributed by atoms with E-state index < -0.39 is 16.1 Å². The molecule has 0 radical (unpaired) electrons. The number of imidazole rings is 1. The van der Waals surface area contributed by atoms with Crippen LogP contribution in [0.15, 0.2) is 59.6 Å². The molecule has 13 heteroatoms. The average Bonchev–Trinajstić information content (AvgIpc) is 3.36. The molecule has 1 aliphatic heterocycles. The molecule has 0 spiro atoms. The van der Waals surface area contributed by atoms with Crippen molar-refractivity contribution in [2.45, 2.75) is 78.3 Å². The molecule has 3 aromatic heterocycles. The second kappa shape index (κ2) is 12.8. The number of sulfonamides is 1. The number of rotatable bonds is 5. The summed E-state index contributed by atoms with van der Waals surface area (Å²) in [7, 11) is -2.28. The number of hydrogen-bond acceptors (Lipinski definition) is 9. The van der Waals surface area contributed by atoms with Crippen LogP contribution < -0.4 is 9.46 Å². The van der Waals surface area contributed by atoms with Gasteiger partial charge in [-0.2, -0.15) is 4.98 Å². The number of aromatic nitrogens is 6. The number of nitrogens with one attached hydrogen (secondary N) is 1. The van der Waals surface area contributed by atoms with Crippen molar-refractivity contribution < 1.29 is 17.9 Å². The molecule has 4 heterocycles. The van der Waals surface area contributed by atoms with Crippen LogP contribution in [0.4, 0.5) is 5.95 Å². The van der Waals surface area contributed by atoms with Gasteiger partial charge in [0, 0.05) is 30.2 Å². The number of anilines is 1. The summed E-state index contributed by atoms with van der Waals surface area (Å²) in [5, 5.41) is 0. The van der Waals surface area contributed by atoms with Crippen LogP contribution >= 0.6 is 0 Å². The normalized spacial score (nSPS) is 16.5. The number of carbonyl (C=O) groups excluding carboxylic acids is 1. The number of nitrogens with zero attached hydrogens (tertiary/aromatic N) is 7. The topological polar surface area (TPSA) is 145 Å². The third-order valence-corrected chi connectivity index (χ3v) is 9.87. The lowest BCUT2D eigenvalue weighted by molar-refractivity contribution is 0.0509. The first-order chi connectivity index (χ1) is 23.1. The number of hydrogen-bond donors (Lipinski definition) is 1. The Morgan fingerprint density at radius 2 is 1.71 bits per heavy atom. The zero-order valence-corrected chi connectivity index (χ0v) is 30.0. The molecule has 256 valence electrons.